The van der Waals surface area contributed by atoms with E-state index in [-0.39, 0.29) is 29.5 Å². The van der Waals surface area contributed by atoms with E-state index in [4.69, 9.17) is 4.74 Å². The Bertz CT molecular complexity index is 1410. The monoisotopic (exact) mass is 533 g/mol. The first kappa shape index (κ1) is 27.0. The second-order valence-electron chi connectivity index (χ2n) is 11.2. The highest BCUT2D eigenvalue weighted by Crippen LogP contribution is 2.34. The van der Waals surface area contributed by atoms with Crippen LogP contribution in [0.25, 0.3) is 11.0 Å². The van der Waals surface area contributed by atoms with Gasteiger partial charge >= 0.3 is 5.69 Å². The molecule has 2 fully saturated rings. The van der Waals surface area contributed by atoms with Crippen molar-refractivity contribution in [1.29, 1.82) is 0 Å². The van der Waals surface area contributed by atoms with Crippen molar-refractivity contribution in [3.8, 4) is 5.75 Å². The van der Waals surface area contributed by atoms with Crippen LogP contribution in [0.1, 0.15) is 60.5 Å². The highest BCUT2D eigenvalue weighted by atomic mass is 16.5. The number of nitrogens with one attached hydrogen (secondary N) is 2. The summed E-state index contributed by atoms with van der Waals surface area (Å²) in [6.45, 7) is 3.39. The topological polar surface area (TPSA) is 99.7 Å². The second kappa shape index (κ2) is 11.3. The van der Waals surface area contributed by atoms with E-state index >= 15 is 0 Å². The summed E-state index contributed by atoms with van der Waals surface area (Å²) in [4.78, 5) is 46.7. The molecule has 9 nitrogen and oxygen atoms in total. The molecule has 1 saturated heterocycles. The maximum atomic E-state index is 13.4. The third-order valence-corrected chi connectivity index (χ3v) is 8.57. The average molecular weight is 534 g/mol. The highest BCUT2D eigenvalue weighted by Gasteiger charge is 2.31. The molecule has 1 aliphatic carbocycles. The molecule has 0 spiro atoms. The predicted octanol–water partition coefficient (Wildman–Crippen LogP) is 4.18. The Kier molecular flexibility index (Phi) is 7.79. The fourth-order valence-corrected chi connectivity index (χ4v) is 6.18. The van der Waals surface area contributed by atoms with Crippen LogP contribution in [-0.4, -0.2) is 71.5 Å². The van der Waals surface area contributed by atoms with E-state index in [2.05, 4.69) is 29.3 Å². The first-order valence-electron chi connectivity index (χ1n) is 13.9. The molecule has 0 radical (unpaired) electrons. The fraction of sp³-hybridized carbons (Fsp3) is 0.500. The van der Waals surface area contributed by atoms with Gasteiger partial charge in [0.25, 0.3) is 5.91 Å². The molecule has 1 aromatic heterocycles. The van der Waals surface area contributed by atoms with Crippen LogP contribution >= 0.6 is 0 Å². The minimum atomic E-state index is -0.198. The summed E-state index contributed by atoms with van der Waals surface area (Å²) in [6, 6.07) is 11.7. The number of aromatic amines is 1. The Labute approximate surface area is 229 Å². The molecule has 2 aliphatic rings. The number of fused-ring (bicyclic) bond motifs is 1. The van der Waals surface area contributed by atoms with Crippen molar-refractivity contribution >= 4 is 28.5 Å². The lowest BCUT2D eigenvalue weighted by Crippen LogP contribution is -2.44. The van der Waals surface area contributed by atoms with Gasteiger partial charge in [0.2, 0.25) is 5.91 Å². The number of benzene rings is 2. The number of likely N-dealkylation sites (tertiary alicyclic amines) is 1. The molecule has 1 aliphatic heterocycles. The van der Waals surface area contributed by atoms with E-state index in [9.17, 15) is 14.4 Å². The Balaban J connectivity index is 1.27. The van der Waals surface area contributed by atoms with Crippen molar-refractivity contribution in [3.05, 3.63) is 58.0 Å². The molecule has 2 N–H and O–H groups in total. The predicted molar refractivity (Wildman–Crippen MR) is 153 cm³/mol. The molecule has 0 unspecified atom stereocenters. The van der Waals surface area contributed by atoms with Crippen LogP contribution in [0.3, 0.4) is 0 Å². The summed E-state index contributed by atoms with van der Waals surface area (Å²) in [5.41, 5.74) is 3.45. The Morgan fingerprint density at radius 3 is 2.41 bits per heavy atom. The number of ether oxygens (including phenoxy) is 1. The number of anilines is 1. The van der Waals surface area contributed by atoms with Gasteiger partial charge in [-0.1, -0.05) is 12.1 Å². The third kappa shape index (κ3) is 5.45. The molecule has 0 atom stereocenters. The van der Waals surface area contributed by atoms with Crippen LogP contribution in [-0.2, 0) is 4.79 Å². The van der Waals surface area contributed by atoms with Gasteiger partial charge in [0.15, 0.2) is 0 Å². The number of nitrogens with zero attached hydrogens (tertiary/aromatic N) is 3. The maximum Gasteiger partial charge on any atom is 0.326 e. The second-order valence-corrected chi connectivity index (χ2v) is 11.2. The quantitative estimate of drug-likeness (QED) is 0.495. The zero-order chi connectivity index (χ0) is 27.7. The fourth-order valence-electron chi connectivity index (χ4n) is 6.18. The van der Waals surface area contributed by atoms with Gasteiger partial charge in [-0.25, -0.2) is 4.79 Å². The van der Waals surface area contributed by atoms with E-state index in [1.165, 1.54) is 0 Å². The van der Waals surface area contributed by atoms with Crippen LogP contribution in [0.5, 0.6) is 5.75 Å². The molecule has 1 saturated carbocycles. The molecule has 208 valence electrons. The van der Waals surface area contributed by atoms with E-state index in [1.807, 2.05) is 48.2 Å². The molecule has 5 rings (SSSR count). The van der Waals surface area contributed by atoms with Gasteiger partial charge in [-0.15, -0.1) is 0 Å². The number of para-hydroxylation sites is 1. The number of piperidine rings is 1. The van der Waals surface area contributed by atoms with Gasteiger partial charge in [0.1, 0.15) is 5.75 Å². The molecule has 2 heterocycles. The number of carbonyl (C=O) groups excluding carboxylic acids is 2. The van der Waals surface area contributed by atoms with Crippen LogP contribution in [0.15, 0.2) is 41.2 Å². The van der Waals surface area contributed by atoms with Crippen molar-refractivity contribution < 1.29 is 14.3 Å². The molecule has 3 aromatic rings. The number of aryl methyl sites for hydroxylation is 1. The molecular weight excluding hydrogens is 494 g/mol. The van der Waals surface area contributed by atoms with Crippen molar-refractivity contribution in [2.45, 2.75) is 57.5 Å². The van der Waals surface area contributed by atoms with Gasteiger partial charge in [0, 0.05) is 42.8 Å². The third-order valence-electron chi connectivity index (χ3n) is 8.57. The highest BCUT2D eigenvalue weighted by molar-refractivity contribution is 6.05. The van der Waals surface area contributed by atoms with Gasteiger partial charge in [-0.2, -0.15) is 0 Å². The summed E-state index contributed by atoms with van der Waals surface area (Å²) < 4.78 is 7.17. The Morgan fingerprint density at radius 1 is 1.03 bits per heavy atom. The average Bonchev–Trinajstić information content (AvgIpc) is 3.29. The largest absolute Gasteiger partial charge is 0.496 e. The van der Waals surface area contributed by atoms with E-state index in [0.717, 1.165) is 48.2 Å². The minimum Gasteiger partial charge on any atom is -0.496 e. The first-order valence-corrected chi connectivity index (χ1v) is 13.9. The van der Waals surface area contributed by atoms with Crippen molar-refractivity contribution in [2.75, 3.05) is 39.6 Å². The van der Waals surface area contributed by atoms with Crippen LogP contribution < -0.4 is 15.7 Å². The van der Waals surface area contributed by atoms with Crippen LogP contribution in [0.2, 0.25) is 0 Å². The number of carbonyl (C=O) groups is 2. The molecule has 0 bridgehead atoms. The van der Waals surface area contributed by atoms with E-state index in [1.54, 1.807) is 11.7 Å². The molecule has 2 aromatic carbocycles. The van der Waals surface area contributed by atoms with Crippen LogP contribution in [0.4, 0.5) is 5.69 Å². The zero-order valence-corrected chi connectivity index (χ0v) is 23.3. The number of methoxy groups -OCH3 is 1. The first-order chi connectivity index (χ1) is 18.8. The van der Waals surface area contributed by atoms with E-state index < -0.39 is 0 Å². The van der Waals surface area contributed by atoms with Crippen LogP contribution in [0, 0.1) is 12.8 Å². The lowest BCUT2D eigenvalue weighted by atomic mass is 9.85. The summed E-state index contributed by atoms with van der Waals surface area (Å²) in [7, 11) is 5.78. The molecule has 39 heavy (non-hydrogen) atoms. The summed E-state index contributed by atoms with van der Waals surface area (Å²) in [6.07, 6.45) is 4.72. The Morgan fingerprint density at radius 2 is 1.74 bits per heavy atom. The summed E-state index contributed by atoms with van der Waals surface area (Å²) >= 11 is 0. The van der Waals surface area contributed by atoms with Crippen molar-refractivity contribution in [3.63, 3.8) is 0 Å². The SMILES string of the molecule is COc1cc(NC(=O)C2CCC(n3c(=O)[nH]c4c(C(=O)N5CCC(N(C)C)CC5)cccc43)CC2)ccc1C. The number of imidazole rings is 1. The number of rotatable bonds is 6. The van der Waals surface area contributed by atoms with Gasteiger partial charge < -0.3 is 24.8 Å². The van der Waals surface area contributed by atoms with Gasteiger partial charge in [0.05, 0.1) is 23.7 Å². The number of amides is 2. The number of H-pyrrole nitrogens is 1. The normalized spacial score (nSPS) is 20.4. The van der Waals surface area contributed by atoms with Gasteiger partial charge in [-0.05, 0) is 83.3 Å². The minimum absolute atomic E-state index is 0.00319. The molecule has 9 heteroatoms. The lowest BCUT2D eigenvalue weighted by Gasteiger charge is -2.35. The van der Waals surface area contributed by atoms with Gasteiger partial charge in [-0.3, -0.25) is 14.2 Å². The summed E-state index contributed by atoms with van der Waals surface area (Å²) in [5.74, 6) is 0.596. The van der Waals surface area contributed by atoms with Crippen molar-refractivity contribution in [2.24, 2.45) is 5.92 Å². The Hall–Kier alpha value is -3.59. The molecular formula is C30H39N5O4. The standard InChI is InChI=1S/C30H39N5O4/c1-19-8-11-21(18-26(19)39-4)31-28(36)20-9-12-23(13-10-20)35-25-7-5-6-24(27(25)32-30(35)38)29(37)34-16-14-22(15-17-34)33(2)3/h5-8,11,18,20,22-23H,9-10,12-17H2,1-4H3,(H,31,36)(H,32,38). The molecule has 2 amide bonds. The van der Waals surface area contributed by atoms with Crippen molar-refractivity contribution in [1.82, 2.24) is 19.4 Å². The summed E-state index contributed by atoms with van der Waals surface area (Å²) in [5, 5.41) is 3.03. The number of hydrogen-bond donors (Lipinski definition) is 2. The maximum absolute atomic E-state index is 13.4. The smallest absolute Gasteiger partial charge is 0.326 e. The zero-order valence-electron chi connectivity index (χ0n) is 23.3. The number of aromatic nitrogens is 2. The number of hydrogen-bond acceptors (Lipinski definition) is 5. The van der Waals surface area contributed by atoms with E-state index in [0.29, 0.717) is 43.1 Å². The lowest BCUT2D eigenvalue weighted by molar-refractivity contribution is -0.121.